The third-order valence-corrected chi connectivity index (χ3v) is 2.63. The number of nitrogens with zero attached hydrogens (tertiary/aromatic N) is 3. The lowest BCUT2D eigenvalue weighted by molar-refractivity contribution is -0.384. The van der Waals surface area contributed by atoms with Gasteiger partial charge in [0.05, 0.1) is 17.2 Å². The van der Waals surface area contributed by atoms with Crippen molar-refractivity contribution in [3.63, 3.8) is 0 Å². The Labute approximate surface area is 104 Å². The molecule has 0 atom stereocenters. The molecule has 0 saturated heterocycles. The van der Waals surface area contributed by atoms with E-state index in [2.05, 4.69) is 10.4 Å². The number of hydrogen-bond acceptors (Lipinski definition) is 4. The van der Waals surface area contributed by atoms with Crippen molar-refractivity contribution in [2.45, 2.75) is 20.0 Å². The topological polar surface area (TPSA) is 73.0 Å². The lowest BCUT2D eigenvalue weighted by Crippen LogP contribution is -2.07. The summed E-state index contributed by atoms with van der Waals surface area (Å²) in [5.41, 5.74) is 1.86. The van der Waals surface area contributed by atoms with E-state index in [9.17, 15) is 10.1 Å². The first-order chi connectivity index (χ1) is 8.70. The van der Waals surface area contributed by atoms with Crippen LogP contribution in [0, 0.1) is 10.1 Å². The number of nitrogens with one attached hydrogen (secondary N) is 1. The van der Waals surface area contributed by atoms with E-state index in [-0.39, 0.29) is 5.69 Å². The van der Waals surface area contributed by atoms with Gasteiger partial charge in [-0.1, -0.05) is 6.07 Å². The minimum atomic E-state index is -0.401. The number of benzene rings is 1. The van der Waals surface area contributed by atoms with Crippen LogP contribution in [0.3, 0.4) is 0 Å². The molecule has 0 bridgehead atoms. The van der Waals surface area contributed by atoms with Gasteiger partial charge in [-0.25, -0.2) is 0 Å². The van der Waals surface area contributed by atoms with Gasteiger partial charge < -0.3 is 5.32 Å². The first-order valence-electron chi connectivity index (χ1n) is 5.69. The second kappa shape index (κ2) is 5.31. The van der Waals surface area contributed by atoms with Crippen LogP contribution in [-0.2, 0) is 13.1 Å². The highest BCUT2D eigenvalue weighted by molar-refractivity contribution is 5.51. The van der Waals surface area contributed by atoms with E-state index in [1.165, 1.54) is 12.1 Å². The van der Waals surface area contributed by atoms with Gasteiger partial charge in [-0.2, -0.15) is 5.10 Å². The highest BCUT2D eigenvalue weighted by atomic mass is 16.6. The summed E-state index contributed by atoms with van der Waals surface area (Å²) in [6, 6.07) is 8.39. The number of non-ortho nitro benzene ring substituents is 1. The van der Waals surface area contributed by atoms with E-state index in [0.717, 1.165) is 17.9 Å². The Bertz CT molecular complexity index is 551. The van der Waals surface area contributed by atoms with E-state index in [1.807, 2.05) is 17.7 Å². The average molecular weight is 246 g/mol. The van der Waals surface area contributed by atoms with Gasteiger partial charge in [0.2, 0.25) is 0 Å². The van der Waals surface area contributed by atoms with Crippen LogP contribution in [0.1, 0.15) is 12.6 Å². The average Bonchev–Trinajstić information content (AvgIpc) is 2.84. The van der Waals surface area contributed by atoms with Crippen molar-refractivity contribution >= 4 is 11.4 Å². The van der Waals surface area contributed by atoms with Gasteiger partial charge in [-0.3, -0.25) is 14.8 Å². The highest BCUT2D eigenvalue weighted by Crippen LogP contribution is 2.17. The van der Waals surface area contributed by atoms with Crippen LogP contribution < -0.4 is 5.32 Å². The zero-order valence-electron chi connectivity index (χ0n) is 10.0. The number of anilines is 1. The molecule has 0 saturated carbocycles. The molecule has 0 spiro atoms. The third kappa shape index (κ3) is 2.65. The number of aryl methyl sites for hydroxylation is 1. The smallest absolute Gasteiger partial charge is 0.271 e. The zero-order chi connectivity index (χ0) is 13.0. The molecule has 1 aromatic carbocycles. The molecule has 94 valence electrons. The molecule has 0 radical (unpaired) electrons. The summed E-state index contributed by atoms with van der Waals surface area (Å²) in [6.07, 6.45) is 1.74. The molecule has 6 heteroatoms. The SMILES string of the molecule is CCn1nccc1CNc1cccc([N+](=O)[O-])c1. The molecule has 0 amide bonds. The van der Waals surface area contributed by atoms with E-state index < -0.39 is 4.92 Å². The van der Waals surface area contributed by atoms with Crippen LogP contribution in [0.4, 0.5) is 11.4 Å². The second-order valence-corrected chi connectivity index (χ2v) is 3.80. The lowest BCUT2D eigenvalue weighted by Gasteiger charge is -2.07. The Morgan fingerprint density at radius 3 is 3.00 bits per heavy atom. The first kappa shape index (κ1) is 12.1. The number of rotatable bonds is 5. The lowest BCUT2D eigenvalue weighted by atomic mass is 10.2. The van der Waals surface area contributed by atoms with Crippen molar-refractivity contribution in [1.29, 1.82) is 0 Å². The first-order valence-corrected chi connectivity index (χ1v) is 5.69. The van der Waals surface area contributed by atoms with Crippen molar-refractivity contribution in [3.05, 3.63) is 52.3 Å². The van der Waals surface area contributed by atoms with Crippen LogP contribution in [0.15, 0.2) is 36.5 Å². The summed E-state index contributed by atoms with van der Waals surface area (Å²) in [6.45, 7) is 3.41. The monoisotopic (exact) mass is 246 g/mol. The number of nitro benzene ring substituents is 1. The standard InChI is InChI=1S/C12H14N4O2/c1-2-15-12(6-7-14-15)9-13-10-4-3-5-11(8-10)16(17)18/h3-8,13H,2,9H2,1H3. The summed E-state index contributed by atoms with van der Waals surface area (Å²) in [7, 11) is 0. The Morgan fingerprint density at radius 2 is 2.28 bits per heavy atom. The van der Waals surface area contributed by atoms with Crippen LogP contribution >= 0.6 is 0 Å². The largest absolute Gasteiger partial charge is 0.379 e. The van der Waals surface area contributed by atoms with Crippen LogP contribution in [-0.4, -0.2) is 14.7 Å². The van der Waals surface area contributed by atoms with Gasteiger partial charge in [0.25, 0.3) is 5.69 Å². The fraction of sp³-hybridized carbons (Fsp3) is 0.250. The molecule has 1 heterocycles. The van der Waals surface area contributed by atoms with Gasteiger partial charge in [0, 0.05) is 30.6 Å². The summed E-state index contributed by atoms with van der Waals surface area (Å²) in [4.78, 5) is 10.2. The predicted octanol–water partition coefficient (Wildman–Crippen LogP) is 2.42. The molecule has 2 aromatic rings. The van der Waals surface area contributed by atoms with Crippen molar-refractivity contribution in [2.24, 2.45) is 0 Å². The quantitative estimate of drug-likeness (QED) is 0.649. The van der Waals surface area contributed by atoms with Crippen molar-refractivity contribution in [2.75, 3.05) is 5.32 Å². The van der Waals surface area contributed by atoms with Crippen LogP contribution in [0.2, 0.25) is 0 Å². The number of nitro groups is 1. The molecule has 1 N–H and O–H groups in total. The van der Waals surface area contributed by atoms with Crippen LogP contribution in [0.25, 0.3) is 0 Å². The van der Waals surface area contributed by atoms with E-state index in [0.29, 0.717) is 6.54 Å². The van der Waals surface area contributed by atoms with Crippen molar-refractivity contribution < 1.29 is 4.92 Å². The molecular weight excluding hydrogens is 232 g/mol. The van der Waals surface area contributed by atoms with Gasteiger partial charge in [-0.15, -0.1) is 0 Å². The van der Waals surface area contributed by atoms with Crippen molar-refractivity contribution in [3.8, 4) is 0 Å². The maximum absolute atomic E-state index is 10.7. The molecule has 0 unspecified atom stereocenters. The fourth-order valence-corrected chi connectivity index (χ4v) is 1.72. The molecule has 2 rings (SSSR count). The minimum Gasteiger partial charge on any atom is -0.379 e. The number of aromatic nitrogens is 2. The van der Waals surface area contributed by atoms with Gasteiger partial charge in [0.1, 0.15) is 0 Å². The maximum atomic E-state index is 10.7. The van der Waals surface area contributed by atoms with E-state index in [1.54, 1.807) is 18.3 Å². The van der Waals surface area contributed by atoms with Gasteiger partial charge in [-0.05, 0) is 19.1 Å². The normalized spacial score (nSPS) is 10.3. The maximum Gasteiger partial charge on any atom is 0.271 e. The third-order valence-electron chi connectivity index (χ3n) is 2.63. The highest BCUT2D eigenvalue weighted by Gasteiger charge is 2.06. The molecule has 18 heavy (non-hydrogen) atoms. The second-order valence-electron chi connectivity index (χ2n) is 3.80. The molecule has 0 aliphatic carbocycles. The minimum absolute atomic E-state index is 0.0870. The number of hydrogen-bond donors (Lipinski definition) is 1. The summed E-state index contributed by atoms with van der Waals surface area (Å²) < 4.78 is 1.88. The Morgan fingerprint density at radius 1 is 1.44 bits per heavy atom. The Hall–Kier alpha value is -2.37. The molecule has 0 aliphatic heterocycles. The van der Waals surface area contributed by atoms with Gasteiger partial charge >= 0.3 is 0 Å². The van der Waals surface area contributed by atoms with E-state index >= 15 is 0 Å². The predicted molar refractivity (Wildman–Crippen MR) is 68.3 cm³/mol. The molecular formula is C12H14N4O2. The molecule has 1 aromatic heterocycles. The van der Waals surface area contributed by atoms with Crippen LogP contribution in [0.5, 0.6) is 0 Å². The van der Waals surface area contributed by atoms with Gasteiger partial charge in [0.15, 0.2) is 0 Å². The summed E-state index contributed by atoms with van der Waals surface area (Å²) >= 11 is 0. The Balaban J connectivity index is 2.06. The zero-order valence-corrected chi connectivity index (χ0v) is 10.0. The van der Waals surface area contributed by atoms with E-state index in [4.69, 9.17) is 0 Å². The molecule has 0 fully saturated rings. The summed E-state index contributed by atoms with van der Waals surface area (Å²) in [5.74, 6) is 0. The summed E-state index contributed by atoms with van der Waals surface area (Å²) in [5, 5.41) is 18.0. The Kier molecular flexibility index (Phi) is 3.57. The molecule has 6 nitrogen and oxygen atoms in total. The van der Waals surface area contributed by atoms with Crippen molar-refractivity contribution in [1.82, 2.24) is 9.78 Å². The molecule has 0 aliphatic rings. The fourth-order valence-electron chi connectivity index (χ4n) is 1.72.